The van der Waals surface area contributed by atoms with E-state index >= 15 is 0 Å². The first-order valence-corrected chi connectivity index (χ1v) is 9.84. The van der Waals surface area contributed by atoms with Gasteiger partial charge in [-0.2, -0.15) is 0 Å². The van der Waals surface area contributed by atoms with Crippen molar-refractivity contribution < 1.29 is 4.79 Å². The second-order valence-electron chi connectivity index (χ2n) is 6.12. The van der Waals surface area contributed by atoms with Crippen LogP contribution in [-0.4, -0.2) is 11.7 Å². The first-order chi connectivity index (χ1) is 11.7. The first-order valence-electron chi connectivity index (χ1n) is 8.48. The third-order valence-electron chi connectivity index (χ3n) is 4.34. The molecule has 0 unspecified atom stereocenters. The Kier molecular flexibility index (Phi) is 6.22. The average molecular weight is 360 g/mol. The van der Waals surface area contributed by atoms with Gasteiger partial charge in [0, 0.05) is 16.3 Å². The van der Waals surface area contributed by atoms with Gasteiger partial charge in [-0.1, -0.05) is 35.9 Å². The maximum absolute atomic E-state index is 12.2. The number of amides is 1. The number of halogens is 1. The quantitative estimate of drug-likeness (QED) is 0.552. The van der Waals surface area contributed by atoms with Crippen molar-refractivity contribution in [3.63, 3.8) is 0 Å². The fourth-order valence-corrected chi connectivity index (χ4v) is 4.10. The molecule has 1 atom stereocenters. The van der Waals surface area contributed by atoms with Gasteiger partial charge in [0.1, 0.15) is 0 Å². The van der Waals surface area contributed by atoms with Crippen molar-refractivity contribution in [3.8, 4) is 0 Å². The van der Waals surface area contributed by atoms with E-state index in [0.717, 1.165) is 36.5 Å². The number of thioether (sulfide) groups is 1. The van der Waals surface area contributed by atoms with Crippen molar-refractivity contribution in [1.29, 1.82) is 0 Å². The Bertz CT molecular complexity index is 686. The summed E-state index contributed by atoms with van der Waals surface area (Å²) in [4.78, 5) is 13.4. The first kappa shape index (κ1) is 17.4. The number of carbonyl (C=O) groups excluding carboxylic acids is 1. The Morgan fingerprint density at radius 2 is 1.96 bits per heavy atom. The fourth-order valence-electron chi connectivity index (χ4n) is 3.12. The Morgan fingerprint density at radius 3 is 2.79 bits per heavy atom. The minimum atomic E-state index is 0.161. The molecule has 0 saturated carbocycles. The monoisotopic (exact) mass is 359 g/mol. The molecule has 0 bridgehead atoms. The van der Waals surface area contributed by atoms with Gasteiger partial charge in [0.15, 0.2) is 0 Å². The zero-order valence-corrected chi connectivity index (χ0v) is 15.2. The van der Waals surface area contributed by atoms with Gasteiger partial charge in [-0.25, -0.2) is 0 Å². The van der Waals surface area contributed by atoms with Crippen LogP contribution < -0.4 is 5.32 Å². The van der Waals surface area contributed by atoms with E-state index in [2.05, 4.69) is 29.6 Å². The summed E-state index contributed by atoms with van der Waals surface area (Å²) in [5.41, 5.74) is 2.68. The molecule has 0 aromatic heterocycles. The number of carbonyl (C=O) groups is 1. The molecule has 2 nitrogen and oxygen atoms in total. The second-order valence-corrected chi connectivity index (χ2v) is 7.72. The van der Waals surface area contributed by atoms with Crippen LogP contribution in [-0.2, 0) is 11.2 Å². The maximum Gasteiger partial charge on any atom is 0.220 e. The lowest BCUT2D eigenvalue weighted by atomic mass is 9.87. The van der Waals surface area contributed by atoms with Crippen LogP contribution in [0, 0.1) is 0 Å². The van der Waals surface area contributed by atoms with Crippen molar-refractivity contribution in [1.82, 2.24) is 5.32 Å². The van der Waals surface area contributed by atoms with E-state index in [9.17, 15) is 4.79 Å². The third-order valence-corrected chi connectivity index (χ3v) is 5.69. The van der Waals surface area contributed by atoms with E-state index in [1.54, 1.807) is 11.8 Å². The summed E-state index contributed by atoms with van der Waals surface area (Å²) in [5, 5.41) is 3.97. The van der Waals surface area contributed by atoms with Crippen LogP contribution in [0.2, 0.25) is 5.02 Å². The SMILES string of the molecule is O=C(CCCSc1ccc(Cl)cc1)N[C@H]1CCCc2ccccc21. The molecule has 1 N–H and O–H groups in total. The highest BCUT2D eigenvalue weighted by atomic mass is 35.5. The van der Waals surface area contributed by atoms with Gasteiger partial charge in [0.25, 0.3) is 0 Å². The minimum absolute atomic E-state index is 0.161. The van der Waals surface area contributed by atoms with E-state index in [-0.39, 0.29) is 11.9 Å². The highest BCUT2D eigenvalue weighted by Crippen LogP contribution is 2.29. The summed E-state index contributed by atoms with van der Waals surface area (Å²) in [5.74, 6) is 1.10. The molecular weight excluding hydrogens is 338 g/mol. The number of hydrogen-bond acceptors (Lipinski definition) is 2. The van der Waals surface area contributed by atoms with Crippen LogP contribution in [0.15, 0.2) is 53.4 Å². The summed E-state index contributed by atoms with van der Waals surface area (Å²) in [7, 11) is 0. The molecular formula is C20H22ClNOS. The van der Waals surface area contributed by atoms with Crippen LogP contribution in [0.3, 0.4) is 0 Å². The molecule has 0 spiro atoms. The highest BCUT2D eigenvalue weighted by Gasteiger charge is 2.20. The van der Waals surface area contributed by atoms with Crippen molar-refractivity contribution in [2.24, 2.45) is 0 Å². The topological polar surface area (TPSA) is 29.1 Å². The highest BCUT2D eigenvalue weighted by molar-refractivity contribution is 7.99. The molecule has 1 amide bonds. The van der Waals surface area contributed by atoms with Crippen LogP contribution in [0.4, 0.5) is 0 Å². The van der Waals surface area contributed by atoms with E-state index in [1.165, 1.54) is 16.0 Å². The van der Waals surface area contributed by atoms with E-state index in [0.29, 0.717) is 6.42 Å². The van der Waals surface area contributed by atoms with Gasteiger partial charge in [0.05, 0.1) is 6.04 Å². The van der Waals surface area contributed by atoms with E-state index in [4.69, 9.17) is 11.6 Å². The third kappa shape index (κ3) is 4.78. The number of fused-ring (bicyclic) bond motifs is 1. The number of nitrogens with one attached hydrogen (secondary N) is 1. The summed E-state index contributed by atoms with van der Waals surface area (Å²) < 4.78 is 0. The Labute approximate surface area is 153 Å². The Hall–Kier alpha value is -1.45. The molecule has 0 fully saturated rings. The molecule has 1 aliphatic rings. The normalized spacial score (nSPS) is 16.5. The fraction of sp³-hybridized carbons (Fsp3) is 0.350. The molecule has 126 valence electrons. The molecule has 0 radical (unpaired) electrons. The molecule has 1 aliphatic carbocycles. The Balaban J connectivity index is 1.42. The van der Waals surface area contributed by atoms with Gasteiger partial charge >= 0.3 is 0 Å². The van der Waals surface area contributed by atoms with Crippen molar-refractivity contribution in [2.75, 3.05) is 5.75 Å². The molecule has 2 aromatic carbocycles. The minimum Gasteiger partial charge on any atom is -0.349 e. The van der Waals surface area contributed by atoms with Gasteiger partial charge in [-0.05, 0) is 66.8 Å². The molecule has 3 rings (SSSR count). The van der Waals surface area contributed by atoms with Gasteiger partial charge in [0.2, 0.25) is 5.91 Å². The van der Waals surface area contributed by atoms with Crippen LogP contribution in [0.1, 0.15) is 42.9 Å². The maximum atomic E-state index is 12.2. The molecule has 24 heavy (non-hydrogen) atoms. The number of hydrogen-bond donors (Lipinski definition) is 1. The number of aryl methyl sites for hydroxylation is 1. The molecule has 2 aromatic rings. The van der Waals surface area contributed by atoms with Crippen LogP contribution >= 0.6 is 23.4 Å². The van der Waals surface area contributed by atoms with E-state index < -0.39 is 0 Å². The standard InChI is InChI=1S/C20H22ClNOS/c21-16-10-12-17(13-11-16)24-14-4-9-20(23)22-19-8-3-6-15-5-1-2-7-18(15)19/h1-2,5,7,10-13,19H,3-4,6,8-9,14H2,(H,22,23)/t19-/m0/s1. The summed E-state index contributed by atoms with van der Waals surface area (Å²) in [6.07, 6.45) is 4.78. The molecule has 0 heterocycles. The lowest BCUT2D eigenvalue weighted by molar-refractivity contribution is -0.121. The predicted octanol–water partition coefficient (Wildman–Crippen LogP) is 5.41. The lowest BCUT2D eigenvalue weighted by Gasteiger charge is -2.26. The molecule has 0 aliphatic heterocycles. The number of rotatable bonds is 6. The van der Waals surface area contributed by atoms with Crippen molar-refractivity contribution >= 4 is 29.3 Å². The second kappa shape index (κ2) is 8.59. The van der Waals surface area contributed by atoms with Crippen molar-refractivity contribution in [3.05, 3.63) is 64.7 Å². The van der Waals surface area contributed by atoms with Gasteiger partial charge < -0.3 is 5.32 Å². The lowest BCUT2D eigenvalue weighted by Crippen LogP contribution is -2.30. The van der Waals surface area contributed by atoms with Crippen LogP contribution in [0.25, 0.3) is 0 Å². The van der Waals surface area contributed by atoms with Gasteiger partial charge in [-0.15, -0.1) is 11.8 Å². The zero-order valence-electron chi connectivity index (χ0n) is 13.6. The summed E-state index contributed by atoms with van der Waals surface area (Å²) in [6, 6.07) is 16.5. The Morgan fingerprint density at radius 1 is 1.17 bits per heavy atom. The molecule has 0 saturated heterocycles. The smallest absolute Gasteiger partial charge is 0.220 e. The largest absolute Gasteiger partial charge is 0.349 e. The average Bonchev–Trinajstić information content (AvgIpc) is 2.61. The van der Waals surface area contributed by atoms with Crippen LogP contribution in [0.5, 0.6) is 0 Å². The predicted molar refractivity (Wildman–Crippen MR) is 102 cm³/mol. The number of benzene rings is 2. The summed E-state index contributed by atoms with van der Waals surface area (Å²) in [6.45, 7) is 0. The van der Waals surface area contributed by atoms with E-state index in [1.807, 2.05) is 24.3 Å². The molecule has 4 heteroatoms. The van der Waals surface area contributed by atoms with Gasteiger partial charge in [-0.3, -0.25) is 4.79 Å². The zero-order chi connectivity index (χ0) is 16.8. The summed E-state index contributed by atoms with van der Waals surface area (Å²) >= 11 is 7.65. The van der Waals surface area contributed by atoms with Crippen molar-refractivity contribution in [2.45, 2.75) is 43.0 Å².